The van der Waals surface area contributed by atoms with Gasteiger partial charge in [-0.05, 0) is 65.9 Å². The number of rotatable bonds is 6. The molecular formula is C24H17BrN2O4S. The Labute approximate surface area is 197 Å². The lowest BCUT2D eigenvalue weighted by molar-refractivity contribution is -0.115. The summed E-state index contributed by atoms with van der Waals surface area (Å²) in [5, 5.41) is 12.3. The summed E-state index contributed by atoms with van der Waals surface area (Å²) in [6.07, 6.45) is 1.77. The summed E-state index contributed by atoms with van der Waals surface area (Å²) in [6.45, 7) is 0.274. The lowest BCUT2D eigenvalue weighted by atomic mass is 10.1. The molecule has 3 aromatic rings. The number of amides is 1. The number of hydrogen-bond donors (Lipinski definition) is 2. The predicted molar refractivity (Wildman–Crippen MR) is 129 cm³/mol. The standard InChI is InChI=1S/C24H17BrN2O4S/c25-18-9-11-19(12-10-18)26-24-27-22(28)21(32-24)13-17-3-1-2-4-20(17)31-14-15-5-7-16(8-6-15)23(29)30/h1-13H,14H2,(H,29,30)(H,26,27,28)/b21-13+. The maximum atomic E-state index is 12.4. The number of aromatic carboxylic acids is 1. The van der Waals surface area contributed by atoms with Gasteiger partial charge in [-0.1, -0.05) is 46.3 Å². The predicted octanol–water partition coefficient (Wildman–Crippen LogP) is 5.62. The van der Waals surface area contributed by atoms with Crippen molar-refractivity contribution in [2.24, 2.45) is 4.99 Å². The zero-order valence-electron chi connectivity index (χ0n) is 16.6. The van der Waals surface area contributed by atoms with E-state index in [-0.39, 0.29) is 18.1 Å². The Balaban J connectivity index is 1.49. The molecule has 1 aliphatic heterocycles. The van der Waals surface area contributed by atoms with Crippen LogP contribution in [0.3, 0.4) is 0 Å². The molecule has 8 heteroatoms. The zero-order chi connectivity index (χ0) is 22.5. The summed E-state index contributed by atoms with van der Waals surface area (Å²) in [5.74, 6) is -0.566. The van der Waals surface area contributed by atoms with Gasteiger partial charge in [0.05, 0.1) is 16.2 Å². The highest BCUT2D eigenvalue weighted by Gasteiger charge is 2.24. The number of carboxylic acids is 1. The average Bonchev–Trinajstić information content (AvgIpc) is 3.13. The molecule has 0 bridgehead atoms. The number of ether oxygens (including phenoxy) is 1. The molecule has 0 radical (unpaired) electrons. The van der Waals surface area contributed by atoms with Crippen LogP contribution in [0.15, 0.2) is 87.2 Å². The van der Waals surface area contributed by atoms with Crippen molar-refractivity contribution < 1.29 is 19.4 Å². The molecule has 1 saturated heterocycles. The van der Waals surface area contributed by atoms with Gasteiger partial charge in [0.15, 0.2) is 5.17 Å². The minimum absolute atomic E-state index is 0.218. The van der Waals surface area contributed by atoms with Gasteiger partial charge in [-0.3, -0.25) is 4.79 Å². The van der Waals surface area contributed by atoms with Crippen molar-refractivity contribution in [3.05, 3.63) is 98.9 Å². The molecule has 1 fully saturated rings. The number of nitrogens with zero attached hydrogens (tertiary/aromatic N) is 1. The van der Waals surface area contributed by atoms with Gasteiger partial charge in [0.2, 0.25) is 0 Å². The van der Waals surface area contributed by atoms with Crippen LogP contribution in [0.4, 0.5) is 5.69 Å². The number of carbonyl (C=O) groups excluding carboxylic acids is 1. The van der Waals surface area contributed by atoms with Crippen LogP contribution in [0.2, 0.25) is 0 Å². The van der Waals surface area contributed by atoms with Crippen molar-refractivity contribution >= 4 is 56.5 Å². The highest BCUT2D eigenvalue weighted by atomic mass is 79.9. The van der Waals surface area contributed by atoms with Crippen LogP contribution < -0.4 is 10.1 Å². The van der Waals surface area contributed by atoms with Crippen molar-refractivity contribution in [3.63, 3.8) is 0 Å². The Morgan fingerprint density at radius 1 is 1.06 bits per heavy atom. The average molecular weight is 509 g/mol. The topological polar surface area (TPSA) is 88.0 Å². The Kier molecular flexibility index (Phi) is 6.72. The maximum Gasteiger partial charge on any atom is 0.335 e. The number of carboxylic acid groups (broad SMARTS) is 1. The fourth-order valence-corrected chi connectivity index (χ4v) is 3.99. The molecule has 1 aliphatic rings. The van der Waals surface area contributed by atoms with E-state index in [1.54, 1.807) is 30.3 Å². The van der Waals surface area contributed by atoms with Crippen molar-refractivity contribution in [1.29, 1.82) is 0 Å². The molecule has 0 aromatic heterocycles. The van der Waals surface area contributed by atoms with Gasteiger partial charge in [-0.2, -0.15) is 0 Å². The van der Waals surface area contributed by atoms with Gasteiger partial charge in [0, 0.05) is 10.0 Å². The van der Waals surface area contributed by atoms with Crippen LogP contribution in [-0.2, 0) is 11.4 Å². The molecule has 1 amide bonds. The number of halogens is 1. The highest BCUT2D eigenvalue weighted by Crippen LogP contribution is 2.31. The minimum Gasteiger partial charge on any atom is -0.488 e. The molecule has 0 aliphatic carbocycles. The molecule has 1 heterocycles. The lowest BCUT2D eigenvalue weighted by Crippen LogP contribution is -2.19. The summed E-state index contributed by atoms with van der Waals surface area (Å²) in [5.41, 5.74) is 2.57. The zero-order valence-corrected chi connectivity index (χ0v) is 19.0. The first-order valence-corrected chi connectivity index (χ1v) is 11.2. The molecule has 3 aromatic carbocycles. The normalized spacial score (nSPS) is 15.7. The summed E-state index contributed by atoms with van der Waals surface area (Å²) < 4.78 is 6.89. The molecule has 6 nitrogen and oxygen atoms in total. The van der Waals surface area contributed by atoms with Gasteiger partial charge >= 0.3 is 5.97 Å². The molecular weight excluding hydrogens is 492 g/mol. The monoisotopic (exact) mass is 508 g/mol. The van der Waals surface area contributed by atoms with Gasteiger partial charge in [-0.15, -0.1) is 0 Å². The molecule has 32 heavy (non-hydrogen) atoms. The van der Waals surface area contributed by atoms with E-state index in [0.29, 0.717) is 15.8 Å². The van der Waals surface area contributed by atoms with E-state index in [0.717, 1.165) is 21.3 Å². The van der Waals surface area contributed by atoms with Gasteiger partial charge < -0.3 is 15.2 Å². The van der Waals surface area contributed by atoms with Crippen LogP contribution in [0.25, 0.3) is 6.08 Å². The number of carbonyl (C=O) groups is 2. The van der Waals surface area contributed by atoms with E-state index < -0.39 is 5.97 Å². The van der Waals surface area contributed by atoms with Crippen LogP contribution in [0.5, 0.6) is 5.75 Å². The van der Waals surface area contributed by atoms with Crippen LogP contribution in [0, 0.1) is 0 Å². The van der Waals surface area contributed by atoms with Crippen molar-refractivity contribution in [3.8, 4) is 5.75 Å². The third-order valence-corrected chi connectivity index (χ3v) is 5.95. The van der Waals surface area contributed by atoms with Gasteiger partial charge in [0.1, 0.15) is 12.4 Å². The third kappa shape index (κ3) is 5.46. The SMILES string of the molecule is O=C1NC(=Nc2ccc(Br)cc2)S/C1=C/c1ccccc1OCc1ccc(C(=O)O)cc1. The minimum atomic E-state index is -0.968. The number of thioether (sulfide) groups is 1. The molecule has 4 rings (SSSR count). The van der Waals surface area contributed by atoms with E-state index in [4.69, 9.17) is 9.84 Å². The lowest BCUT2D eigenvalue weighted by Gasteiger charge is -2.10. The Morgan fingerprint density at radius 3 is 2.50 bits per heavy atom. The summed E-state index contributed by atoms with van der Waals surface area (Å²) in [6, 6.07) is 21.4. The Hall–Kier alpha value is -3.36. The first kappa shape index (κ1) is 21.9. The first-order valence-electron chi connectivity index (χ1n) is 9.57. The van der Waals surface area contributed by atoms with E-state index in [2.05, 4.69) is 26.2 Å². The molecule has 2 N–H and O–H groups in total. The van der Waals surface area contributed by atoms with E-state index in [1.807, 2.05) is 48.5 Å². The number of hydrogen-bond acceptors (Lipinski definition) is 5. The Morgan fingerprint density at radius 2 is 1.78 bits per heavy atom. The van der Waals surface area contributed by atoms with Crippen LogP contribution in [-0.4, -0.2) is 22.2 Å². The fourth-order valence-electron chi connectivity index (χ4n) is 2.89. The number of benzene rings is 3. The van der Waals surface area contributed by atoms with E-state index >= 15 is 0 Å². The second kappa shape index (κ2) is 9.84. The molecule has 0 spiro atoms. The third-order valence-electron chi connectivity index (χ3n) is 4.51. The molecule has 0 saturated carbocycles. The van der Waals surface area contributed by atoms with Gasteiger partial charge in [-0.25, -0.2) is 9.79 Å². The van der Waals surface area contributed by atoms with Crippen LogP contribution in [0.1, 0.15) is 21.5 Å². The highest BCUT2D eigenvalue weighted by molar-refractivity contribution is 9.10. The molecule has 160 valence electrons. The summed E-state index contributed by atoms with van der Waals surface area (Å²) in [4.78, 5) is 28.4. The van der Waals surface area contributed by atoms with Crippen molar-refractivity contribution in [2.75, 3.05) is 0 Å². The quantitative estimate of drug-likeness (QED) is 0.422. The fraction of sp³-hybridized carbons (Fsp3) is 0.0417. The Bertz CT molecular complexity index is 1220. The second-order valence-corrected chi connectivity index (χ2v) is 8.73. The van der Waals surface area contributed by atoms with E-state index in [9.17, 15) is 9.59 Å². The number of aliphatic imine (C=N–C) groups is 1. The largest absolute Gasteiger partial charge is 0.488 e. The summed E-state index contributed by atoms with van der Waals surface area (Å²) in [7, 11) is 0. The van der Waals surface area contributed by atoms with E-state index in [1.165, 1.54) is 11.8 Å². The maximum absolute atomic E-state index is 12.4. The van der Waals surface area contributed by atoms with Gasteiger partial charge in [0.25, 0.3) is 5.91 Å². The molecule has 0 unspecified atom stereocenters. The van der Waals surface area contributed by atoms with Crippen LogP contribution >= 0.6 is 27.7 Å². The molecule has 0 atom stereocenters. The van der Waals surface area contributed by atoms with Crippen molar-refractivity contribution in [1.82, 2.24) is 5.32 Å². The first-order chi connectivity index (χ1) is 15.5. The second-order valence-electron chi connectivity index (χ2n) is 6.79. The van der Waals surface area contributed by atoms with Crippen molar-refractivity contribution in [2.45, 2.75) is 6.61 Å². The summed E-state index contributed by atoms with van der Waals surface area (Å²) >= 11 is 4.66. The number of nitrogens with one attached hydrogen (secondary N) is 1. The smallest absolute Gasteiger partial charge is 0.335 e. The number of para-hydroxylation sites is 1. The number of amidine groups is 1.